The van der Waals surface area contributed by atoms with E-state index in [1.54, 1.807) is 11.1 Å². The van der Waals surface area contributed by atoms with E-state index in [2.05, 4.69) is 18.9 Å². The molecule has 0 bridgehead atoms. The van der Waals surface area contributed by atoms with Crippen molar-refractivity contribution in [3.05, 3.63) is 11.1 Å². The van der Waals surface area contributed by atoms with Crippen LogP contribution in [0.3, 0.4) is 0 Å². The van der Waals surface area contributed by atoms with Crippen molar-refractivity contribution in [2.24, 2.45) is 0 Å². The van der Waals surface area contributed by atoms with E-state index in [9.17, 15) is 0 Å². The molecule has 0 fully saturated rings. The summed E-state index contributed by atoms with van der Waals surface area (Å²) in [6.45, 7) is 3.64. The van der Waals surface area contributed by atoms with Crippen LogP contribution in [0.5, 0.6) is 0 Å². The smallest absolute Gasteiger partial charge is 0.0278 e. The molecule has 0 saturated carbocycles. The van der Waals surface area contributed by atoms with E-state index in [-0.39, 0.29) is 0 Å². The molecule has 1 unspecified atom stereocenters. The fourth-order valence-corrected chi connectivity index (χ4v) is 2.55. The third-order valence-corrected chi connectivity index (χ3v) is 3.56. The Bertz CT molecular complexity index is 205. The van der Waals surface area contributed by atoms with E-state index in [0.29, 0.717) is 0 Å². The molecule has 0 amide bonds. The first-order valence-electron chi connectivity index (χ1n) is 5.20. The second-order valence-corrected chi connectivity index (χ2v) is 4.24. The van der Waals surface area contributed by atoms with Gasteiger partial charge in [-0.1, -0.05) is 11.1 Å². The predicted molar refractivity (Wildman–Crippen MR) is 52.2 cm³/mol. The highest BCUT2D eigenvalue weighted by molar-refractivity contribution is 5.24. The van der Waals surface area contributed by atoms with Crippen LogP contribution in [0.4, 0.5) is 0 Å². The van der Waals surface area contributed by atoms with Crippen LogP contribution in [0, 0.1) is 0 Å². The molecule has 0 spiro atoms. The van der Waals surface area contributed by atoms with Gasteiger partial charge in [-0.15, -0.1) is 0 Å². The molecule has 0 radical (unpaired) electrons. The van der Waals surface area contributed by atoms with Gasteiger partial charge in [0.2, 0.25) is 0 Å². The zero-order valence-electron chi connectivity index (χ0n) is 8.27. The lowest BCUT2D eigenvalue weighted by Crippen LogP contribution is -2.37. The van der Waals surface area contributed by atoms with E-state index in [0.717, 1.165) is 6.04 Å². The Morgan fingerprint density at radius 2 is 1.92 bits per heavy atom. The maximum absolute atomic E-state index is 2.49. The molecule has 1 aliphatic heterocycles. The van der Waals surface area contributed by atoms with Crippen LogP contribution in [0.2, 0.25) is 0 Å². The zero-order valence-corrected chi connectivity index (χ0v) is 8.27. The van der Waals surface area contributed by atoms with Crippen molar-refractivity contribution in [1.82, 2.24) is 4.90 Å². The van der Waals surface area contributed by atoms with Crippen LogP contribution in [-0.4, -0.2) is 24.5 Å². The highest BCUT2D eigenvalue weighted by atomic mass is 15.1. The predicted octanol–water partition coefficient (Wildman–Crippen LogP) is 2.58. The van der Waals surface area contributed by atoms with Gasteiger partial charge in [0, 0.05) is 12.6 Å². The molecule has 0 N–H and O–H groups in total. The van der Waals surface area contributed by atoms with Gasteiger partial charge in [-0.25, -0.2) is 0 Å². The van der Waals surface area contributed by atoms with E-state index in [1.165, 1.54) is 38.6 Å². The summed E-state index contributed by atoms with van der Waals surface area (Å²) < 4.78 is 0. The van der Waals surface area contributed by atoms with Crippen molar-refractivity contribution >= 4 is 0 Å². The van der Waals surface area contributed by atoms with Gasteiger partial charge < -0.3 is 0 Å². The van der Waals surface area contributed by atoms with Crippen molar-refractivity contribution in [2.75, 3.05) is 13.6 Å². The number of likely N-dealkylation sites (N-methyl/N-ethyl adjacent to an activating group) is 1. The molecule has 1 aliphatic carbocycles. The highest BCUT2D eigenvalue weighted by Gasteiger charge is 2.24. The minimum Gasteiger partial charge on any atom is -0.300 e. The second-order valence-electron chi connectivity index (χ2n) is 4.24. The standard InChI is InChI=1S/C11H19N/c1-9-11-6-4-3-5-10(11)7-8-12(9)2/h9H,3-8H2,1-2H3. The van der Waals surface area contributed by atoms with Gasteiger partial charge in [0.05, 0.1) is 0 Å². The van der Waals surface area contributed by atoms with Gasteiger partial charge in [-0.3, -0.25) is 4.90 Å². The van der Waals surface area contributed by atoms with Crippen LogP contribution >= 0.6 is 0 Å². The number of nitrogens with zero attached hydrogens (tertiary/aromatic N) is 1. The molecule has 0 aromatic heterocycles. The molecule has 0 aromatic rings. The van der Waals surface area contributed by atoms with Crippen LogP contribution in [0.25, 0.3) is 0 Å². The summed E-state index contributed by atoms with van der Waals surface area (Å²) in [7, 11) is 2.25. The Hall–Kier alpha value is -0.300. The van der Waals surface area contributed by atoms with Gasteiger partial charge in [0.15, 0.2) is 0 Å². The molecule has 12 heavy (non-hydrogen) atoms. The molecule has 1 heteroatoms. The summed E-state index contributed by atoms with van der Waals surface area (Å²) in [6, 6.07) is 0.731. The monoisotopic (exact) mass is 165 g/mol. The molecule has 68 valence electrons. The number of rotatable bonds is 0. The summed E-state index contributed by atoms with van der Waals surface area (Å²) in [5, 5.41) is 0. The van der Waals surface area contributed by atoms with E-state index in [4.69, 9.17) is 0 Å². The highest BCUT2D eigenvalue weighted by Crippen LogP contribution is 2.33. The minimum atomic E-state index is 0.731. The maximum Gasteiger partial charge on any atom is 0.0278 e. The SMILES string of the molecule is CC1C2=C(CCCC2)CCN1C. The molecule has 2 aliphatic rings. The Labute approximate surface area is 75.4 Å². The largest absolute Gasteiger partial charge is 0.300 e. The average molecular weight is 165 g/mol. The Kier molecular flexibility index (Phi) is 2.22. The van der Waals surface area contributed by atoms with Crippen molar-refractivity contribution in [2.45, 2.75) is 45.1 Å². The summed E-state index contributed by atoms with van der Waals surface area (Å²) in [4.78, 5) is 2.49. The van der Waals surface area contributed by atoms with E-state index >= 15 is 0 Å². The van der Waals surface area contributed by atoms with E-state index in [1.807, 2.05) is 0 Å². The van der Waals surface area contributed by atoms with Crippen molar-refractivity contribution < 1.29 is 0 Å². The minimum absolute atomic E-state index is 0.731. The molecule has 1 atom stereocenters. The van der Waals surface area contributed by atoms with E-state index < -0.39 is 0 Å². The lowest BCUT2D eigenvalue weighted by molar-refractivity contribution is 0.258. The normalized spacial score (nSPS) is 32.0. The fourth-order valence-electron chi connectivity index (χ4n) is 2.55. The lowest BCUT2D eigenvalue weighted by Gasteiger charge is -2.36. The average Bonchev–Trinajstić information content (AvgIpc) is 2.12. The second kappa shape index (κ2) is 3.21. The summed E-state index contributed by atoms with van der Waals surface area (Å²) in [5.74, 6) is 0. The molecule has 2 rings (SSSR count). The van der Waals surface area contributed by atoms with Crippen LogP contribution in [-0.2, 0) is 0 Å². The summed E-state index contributed by atoms with van der Waals surface area (Å²) >= 11 is 0. The molecule has 0 saturated heterocycles. The van der Waals surface area contributed by atoms with Gasteiger partial charge in [-0.05, 0) is 46.1 Å². The summed E-state index contributed by atoms with van der Waals surface area (Å²) in [5.41, 5.74) is 3.57. The van der Waals surface area contributed by atoms with Crippen LogP contribution in [0.1, 0.15) is 39.0 Å². The van der Waals surface area contributed by atoms with Crippen molar-refractivity contribution in [3.8, 4) is 0 Å². The quantitative estimate of drug-likeness (QED) is 0.499. The molecular formula is C11H19N. The molecule has 1 nitrogen and oxygen atoms in total. The third-order valence-electron chi connectivity index (χ3n) is 3.56. The molecular weight excluding hydrogens is 146 g/mol. The number of hydrogen-bond acceptors (Lipinski definition) is 1. The topological polar surface area (TPSA) is 3.24 Å². The first kappa shape index (κ1) is 8.31. The Morgan fingerprint density at radius 1 is 1.17 bits per heavy atom. The summed E-state index contributed by atoms with van der Waals surface area (Å²) in [6.07, 6.45) is 6.98. The van der Waals surface area contributed by atoms with Crippen molar-refractivity contribution in [3.63, 3.8) is 0 Å². The van der Waals surface area contributed by atoms with Crippen LogP contribution in [0.15, 0.2) is 11.1 Å². The Balaban J connectivity index is 2.22. The van der Waals surface area contributed by atoms with Crippen molar-refractivity contribution in [1.29, 1.82) is 0 Å². The van der Waals surface area contributed by atoms with Crippen LogP contribution < -0.4 is 0 Å². The fraction of sp³-hybridized carbons (Fsp3) is 0.818. The number of hydrogen-bond donors (Lipinski definition) is 0. The molecule has 1 heterocycles. The Morgan fingerprint density at radius 3 is 2.75 bits per heavy atom. The molecule has 0 aromatic carbocycles. The lowest BCUT2D eigenvalue weighted by atomic mass is 9.83. The van der Waals surface area contributed by atoms with Gasteiger partial charge in [0.25, 0.3) is 0 Å². The maximum atomic E-state index is 2.49. The zero-order chi connectivity index (χ0) is 8.55. The first-order valence-corrected chi connectivity index (χ1v) is 5.20. The van der Waals surface area contributed by atoms with Gasteiger partial charge in [0.1, 0.15) is 0 Å². The van der Waals surface area contributed by atoms with Gasteiger partial charge in [-0.2, -0.15) is 0 Å². The third kappa shape index (κ3) is 1.31. The first-order chi connectivity index (χ1) is 5.79. The van der Waals surface area contributed by atoms with Gasteiger partial charge >= 0.3 is 0 Å².